The van der Waals surface area contributed by atoms with Crippen LogP contribution in [0.15, 0.2) is 18.2 Å². The lowest BCUT2D eigenvalue weighted by Gasteiger charge is -2.37. The van der Waals surface area contributed by atoms with Crippen LogP contribution in [-0.4, -0.2) is 16.4 Å². The van der Waals surface area contributed by atoms with Crippen molar-refractivity contribution in [1.29, 1.82) is 0 Å². The van der Waals surface area contributed by atoms with Crippen LogP contribution in [0.1, 0.15) is 37.7 Å². The molecule has 0 atom stereocenters. The number of hydrogen-bond acceptors (Lipinski definition) is 2. The fourth-order valence-corrected chi connectivity index (χ4v) is 2.99. The second-order valence-electron chi connectivity index (χ2n) is 5.47. The molecule has 1 aliphatic rings. The molecule has 21 heavy (non-hydrogen) atoms. The normalized spacial score (nSPS) is 17.2. The third-order valence-corrected chi connectivity index (χ3v) is 4.31. The topological polar surface area (TPSA) is 55.1 Å². The van der Waals surface area contributed by atoms with Gasteiger partial charge in [0.2, 0.25) is 5.91 Å². The minimum atomic E-state index is -0.724. The minimum absolute atomic E-state index is 0.155. The highest BCUT2D eigenvalue weighted by atomic mass is 32.1. The first-order valence-corrected chi connectivity index (χ1v) is 7.39. The molecule has 6 heteroatoms. The number of carbonyl (C=O) groups excluding carboxylic acids is 1. The number of amides is 1. The Labute approximate surface area is 127 Å². The second kappa shape index (κ2) is 6.47. The number of nitrogens with one attached hydrogen (secondary N) is 1. The van der Waals surface area contributed by atoms with E-state index >= 15 is 0 Å². The average molecular weight is 312 g/mol. The zero-order valence-electron chi connectivity index (χ0n) is 11.6. The summed E-state index contributed by atoms with van der Waals surface area (Å²) in [4.78, 5) is 12.4. The molecule has 1 amide bonds. The Morgan fingerprint density at radius 2 is 1.95 bits per heavy atom. The highest BCUT2D eigenvalue weighted by molar-refractivity contribution is 7.80. The van der Waals surface area contributed by atoms with Gasteiger partial charge in [-0.25, -0.2) is 8.78 Å². The summed E-state index contributed by atoms with van der Waals surface area (Å²) >= 11 is 5.09. The van der Waals surface area contributed by atoms with Crippen LogP contribution in [0.25, 0.3) is 0 Å². The molecule has 0 saturated heterocycles. The molecule has 0 aromatic heterocycles. The number of nitrogens with two attached hydrogens (primary N) is 1. The van der Waals surface area contributed by atoms with Gasteiger partial charge in [0.25, 0.3) is 0 Å². The van der Waals surface area contributed by atoms with Crippen molar-refractivity contribution in [2.75, 3.05) is 0 Å². The number of rotatable bonds is 4. The third-order valence-electron chi connectivity index (χ3n) is 3.92. The van der Waals surface area contributed by atoms with Gasteiger partial charge >= 0.3 is 0 Å². The van der Waals surface area contributed by atoms with E-state index in [1.165, 1.54) is 6.07 Å². The first-order chi connectivity index (χ1) is 9.93. The highest BCUT2D eigenvalue weighted by Crippen LogP contribution is 2.28. The van der Waals surface area contributed by atoms with Gasteiger partial charge in [-0.3, -0.25) is 4.79 Å². The molecule has 1 fully saturated rings. The van der Waals surface area contributed by atoms with E-state index < -0.39 is 17.2 Å². The molecule has 1 saturated carbocycles. The van der Waals surface area contributed by atoms with Crippen molar-refractivity contribution in [3.63, 3.8) is 0 Å². The van der Waals surface area contributed by atoms with Gasteiger partial charge < -0.3 is 11.1 Å². The van der Waals surface area contributed by atoms with Crippen LogP contribution in [0.5, 0.6) is 0 Å². The third kappa shape index (κ3) is 3.75. The summed E-state index contributed by atoms with van der Waals surface area (Å²) in [6, 6.07) is 3.18. The summed E-state index contributed by atoms with van der Waals surface area (Å²) in [5.41, 5.74) is 5.28. The fourth-order valence-electron chi connectivity index (χ4n) is 2.74. The molecule has 0 aliphatic heterocycles. The van der Waals surface area contributed by atoms with Crippen LogP contribution in [0.4, 0.5) is 8.78 Å². The molecule has 1 aromatic carbocycles. The summed E-state index contributed by atoms with van der Waals surface area (Å²) in [6.45, 7) is 0. The number of hydrogen-bond donors (Lipinski definition) is 2. The largest absolute Gasteiger partial charge is 0.391 e. The lowest BCUT2D eigenvalue weighted by Crippen LogP contribution is -2.58. The summed E-state index contributed by atoms with van der Waals surface area (Å²) in [5, 5.41) is 2.86. The Balaban J connectivity index is 2.07. The second-order valence-corrected chi connectivity index (χ2v) is 5.91. The van der Waals surface area contributed by atoms with Gasteiger partial charge in [0, 0.05) is 6.07 Å². The van der Waals surface area contributed by atoms with E-state index in [0.717, 1.165) is 31.4 Å². The van der Waals surface area contributed by atoms with Gasteiger partial charge in [0.05, 0.1) is 16.9 Å². The molecule has 0 bridgehead atoms. The van der Waals surface area contributed by atoms with E-state index in [0.29, 0.717) is 12.8 Å². The Morgan fingerprint density at radius 3 is 2.52 bits per heavy atom. The maximum absolute atomic E-state index is 13.6. The Kier molecular flexibility index (Phi) is 4.88. The summed E-state index contributed by atoms with van der Waals surface area (Å²) in [5.74, 6) is -1.74. The Bertz CT molecular complexity index is 557. The molecule has 0 unspecified atom stereocenters. The van der Waals surface area contributed by atoms with E-state index in [1.807, 2.05) is 0 Å². The first-order valence-electron chi connectivity index (χ1n) is 6.98. The van der Waals surface area contributed by atoms with E-state index in [-0.39, 0.29) is 22.9 Å². The molecule has 114 valence electrons. The Hall–Kier alpha value is -1.56. The molecule has 0 spiro atoms. The van der Waals surface area contributed by atoms with Crippen molar-refractivity contribution >= 4 is 23.1 Å². The van der Waals surface area contributed by atoms with E-state index in [2.05, 4.69) is 5.32 Å². The van der Waals surface area contributed by atoms with Crippen molar-refractivity contribution in [2.24, 2.45) is 5.73 Å². The molecule has 3 N–H and O–H groups in total. The molecule has 3 nitrogen and oxygen atoms in total. The predicted octanol–water partition coefficient (Wildman–Crippen LogP) is 2.61. The van der Waals surface area contributed by atoms with Gasteiger partial charge in [-0.05, 0) is 24.5 Å². The smallest absolute Gasteiger partial charge is 0.225 e. The zero-order valence-corrected chi connectivity index (χ0v) is 12.4. The minimum Gasteiger partial charge on any atom is -0.391 e. The molecule has 0 heterocycles. The van der Waals surface area contributed by atoms with Crippen molar-refractivity contribution in [3.8, 4) is 0 Å². The molecular weight excluding hydrogens is 294 g/mol. The van der Waals surface area contributed by atoms with E-state index in [9.17, 15) is 13.6 Å². The monoisotopic (exact) mass is 312 g/mol. The lowest BCUT2D eigenvalue weighted by atomic mass is 9.81. The molecular formula is C15H18F2N2OS. The predicted molar refractivity (Wildman–Crippen MR) is 80.8 cm³/mol. The van der Waals surface area contributed by atoms with Gasteiger partial charge in [-0.1, -0.05) is 37.5 Å². The van der Waals surface area contributed by atoms with Gasteiger partial charge in [-0.15, -0.1) is 0 Å². The van der Waals surface area contributed by atoms with Crippen LogP contribution in [0, 0.1) is 11.6 Å². The number of thiocarbonyl (C=S) groups is 1. The SMILES string of the molecule is NC(=S)C1(NC(=O)Cc2ccc(F)cc2F)CCCCC1. The van der Waals surface area contributed by atoms with Gasteiger partial charge in [-0.2, -0.15) is 0 Å². The maximum Gasteiger partial charge on any atom is 0.225 e. The average Bonchev–Trinajstić information content (AvgIpc) is 2.43. The van der Waals surface area contributed by atoms with Gasteiger partial charge in [0.1, 0.15) is 11.6 Å². The zero-order chi connectivity index (χ0) is 15.5. The molecule has 0 radical (unpaired) electrons. The molecule has 2 rings (SSSR count). The van der Waals surface area contributed by atoms with Crippen LogP contribution in [-0.2, 0) is 11.2 Å². The van der Waals surface area contributed by atoms with E-state index in [4.69, 9.17) is 18.0 Å². The fraction of sp³-hybridized carbons (Fsp3) is 0.467. The van der Waals surface area contributed by atoms with Crippen LogP contribution in [0.3, 0.4) is 0 Å². The van der Waals surface area contributed by atoms with Crippen molar-refractivity contribution in [3.05, 3.63) is 35.4 Å². The quantitative estimate of drug-likeness (QED) is 0.840. The lowest BCUT2D eigenvalue weighted by molar-refractivity contribution is -0.122. The van der Waals surface area contributed by atoms with Gasteiger partial charge in [0.15, 0.2) is 0 Å². The first kappa shape index (κ1) is 15.8. The van der Waals surface area contributed by atoms with Crippen molar-refractivity contribution < 1.29 is 13.6 Å². The number of halogens is 2. The standard InChI is InChI=1S/C15H18F2N2OS/c16-11-5-4-10(12(17)9-11)8-13(20)19-15(14(18)21)6-2-1-3-7-15/h4-5,9H,1-3,6-8H2,(H2,18,21)(H,19,20). The number of carbonyl (C=O) groups is 1. The van der Waals surface area contributed by atoms with Crippen molar-refractivity contribution in [1.82, 2.24) is 5.32 Å². The van der Waals surface area contributed by atoms with E-state index in [1.54, 1.807) is 0 Å². The van der Waals surface area contributed by atoms with Crippen LogP contribution >= 0.6 is 12.2 Å². The van der Waals surface area contributed by atoms with Crippen LogP contribution in [0.2, 0.25) is 0 Å². The van der Waals surface area contributed by atoms with Crippen LogP contribution < -0.4 is 11.1 Å². The Morgan fingerprint density at radius 1 is 1.29 bits per heavy atom. The summed E-state index contributed by atoms with van der Waals surface area (Å²) in [7, 11) is 0. The summed E-state index contributed by atoms with van der Waals surface area (Å²) < 4.78 is 26.4. The molecule has 1 aliphatic carbocycles. The highest BCUT2D eigenvalue weighted by Gasteiger charge is 2.36. The maximum atomic E-state index is 13.6. The summed E-state index contributed by atoms with van der Waals surface area (Å²) in [6.07, 6.45) is 4.24. The number of benzene rings is 1. The molecule has 1 aromatic rings. The van der Waals surface area contributed by atoms with Crippen molar-refractivity contribution in [2.45, 2.75) is 44.1 Å².